The van der Waals surface area contributed by atoms with Gasteiger partial charge in [0.2, 0.25) is 5.91 Å². The fraction of sp³-hybridized carbons (Fsp3) is 0.520. The largest absolute Gasteiger partial charge is 0.336 e. The summed E-state index contributed by atoms with van der Waals surface area (Å²) in [4.78, 5) is 46.6. The number of carbonyl (C=O) groups excluding carboxylic acids is 1. The zero-order valence-electron chi connectivity index (χ0n) is 19.9. The molecule has 0 aliphatic heterocycles. The van der Waals surface area contributed by atoms with Gasteiger partial charge in [-0.3, -0.25) is 14.2 Å². The van der Waals surface area contributed by atoms with Crippen LogP contribution in [0.4, 0.5) is 0 Å². The van der Waals surface area contributed by atoms with E-state index in [0.29, 0.717) is 11.2 Å². The van der Waals surface area contributed by atoms with Crippen molar-refractivity contribution in [2.45, 2.75) is 84.6 Å². The lowest BCUT2D eigenvalue weighted by molar-refractivity contribution is -0.135. The second kappa shape index (κ2) is 9.37. The van der Waals surface area contributed by atoms with Gasteiger partial charge >= 0.3 is 5.69 Å². The van der Waals surface area contributed by atoms with Gasteiger partial charge in [0.05, 0.1) is 12.9 Å². The Balaban J connectivity index is 1.88. The van der Waals surface area contributed by atoms with E-state index in [4.69, 9.17) is 0 Å². The summed E-state index contributed by atoms with van der Waals surface area (Å²) in [5.74, 6) is -0.239. The normalized spacial score (nSPS) is 14.6. The highest BCUT2D eigenvalue weighted by Gasteiger charge is 2.27. The molecule has 1 aliphatic carbocycles. The molecule has 8 heteroatoms. The summed E-state index contributed by atoms with van der Waals surface area (Å²) in [5, 5.41) is 0. The molecule has 1 amide bonds. The first kappa shape index (κ1) is 23.0. The van der Waals surface area contributed by atoms with E-state index in [1.165, 1.54) is 4.57 Å². The van der Waals surface area contributed by atoms with Gasteiger partial charge in [0, 0.05) is 18.1 Å². The second-order valence-electron chi connectivity index (χ2n) is 9.50. The number of rotatable bonds is 7. The topological polar surface area (TPSA) is 82.1 Å². The molecule has 0 bridgehead atoms. The maximum Gasteiger partial charge on any atom is 0.333 e. The number of carbonyl (C=O) groups is 1. The lowest BCUT2D eigenvalue weighted by Crippen LogP contribution is -2.48. The van der Waals surface area contributed by atoms with E-state index in [1.54, 1.807) is 11.2 Å². The molecule has 0 spiro atoms. The van der Waals surface area contributed by atoms with Crippen molar-refractivity contribution in [1.29, 1.82) is 0 Å². The SMILES string of the molecule is CC(C)N(C(=O)Cn1c(=O)c2c(ncn2C2CCCC2)n(Cc2ccccc2)c1=O)C(C)C. The van der Waals surface area contributed by atoms with Crippen molar-refractivity contribution < 1.29 is 4.79 Å². The number of nitrogens with zero attached hydrogens (tertiary/aromatic N) is 5. The minimum Gasteiger partial charge on any atom is -0.336 e. The Labute approximate surface area is 193 Å². The second-order valence-corrected chi connectivity index (χ2v) is 9.50. The van der Waals surface area contributed by atoms with Crippen molar-refractivity contribution in [3.8, 4) is 0 Å². The van der Waals surface area contributed by atoms with Crippen LogP contribution in [0.3, 0.4) is 0 Å². The van der Waals surface area contributed by atoms with Crippen LogP contribution in [0.2, 0.25) is 0 Å². The fourth-order valence-corrected chi connectivity index (χ4v) is 5.10. The Morgan fingerprint density at radius 1 is 1.03 bits per heavy atom. The van der Waals surface area contributed by atoms with Crippen LogP contribution >= 0.6 is 0 Å². The van der Waals surface area contributed by atoms with Gasteiger partial charge in [0.1, 0.15) is 6.54 Å². The molecule has 176 valence electrons. The molecule has 0 atom stereocenters. The highest BCUT2D eigenvalue weighted by atomic mass is 16.2. The molecule has 2 aromatic heterocycles. The molecule has 0 radical (unpaired) electrons. The predicted molar refractivity (Wildman–Crippen MR) is 128 cm³/mol. The van der Waals surface area contributed by atoms with Crippen molar-refractivity contribution in [3.05, 3.63) is 63.1 Å². The van der Waals surface area contributed by atoms with E-state index >= 15 is 0 Å². The third-order valence-corrected chi connectivity index (χ3v) is 6.54. The number of aromatic nitrogens is 4. The number of hydrogen-bond acceptors (Lipinski definition) is 4. The average molecular weight is 452 g/mol. The van der Waals surface area contributed by atoms with E-state index in [0.717, 1.165) is 35.8 Å². The van der Waals surface area contributed by atoms with Gasteiger partial charge in [0.15, 0.2) is 11.2 Å². The monoisotopic (exact) mass is 451 g/mol. The van der Waals surface area contributed by atoms with Crippen LogP contribution < -0.4 is 11.2 Å². The van der Waals surface area contributed by atoms with E-state index in [2.05, 4.69) is 4.98 Å². The first-order valence-electron chi connectivity index (χ1n) is 11.8. The van der Waals surface area contributed by atoms with Crippen molar-refractivity contribution in [2.75, 3.05) is 0 Å². The minimum absolute atomic E-state index is 0.0347. The zero-order valence-corrected chi connectivity index (χ0v) is 19.9. The first-order valence-corrected chi connectivity index (χ1v) is 11.8. The summed E-state index contributed by atoms with van der Waals surface area (Å²) in [5.41, 5.74) is 0.775. The van der Waals surface area contributed by atoms with Crippen LogP contribution in [-0.2, 0) is 17.9 Å². The Kier molecular flexibility index (Phi) is 6.54. The highest BCUT2D eigenvalue weighted by Crippen LogP contribution is 2.31. The zero-order chi connectivity index (χ0) is 23.7. The van der Waals surface area contributed by atoms with Crippen molar-refractivity contribution >= 4 is 17.1 Å². The van der Waals surface area contributed by atoms with E-state index in [9.17, 15) is 14.4 Å². The van der Waals surface area contributed by atoms with Gasteiger partial charge in [-0.25, -0.2) is 14.3 Å². The third-order valence-electron chi connectivity index (χ3n) is 6.54. The van der Waals surface area contributed by atoms with Gasteiger partial charge in [-0.2, -0.15) is 0 Å². The lowest BCUT2D eigenvalue weighted by Gasteiger charge is -2.31. The van der Waals surface area contributed by atoms with Gasteiger partial charge in [-0.05, 0) is 46.1 Å². The third kappa shape index (κ3) is 4.38. The summed E-state index contributed by atoms with van der Waals surface area (Å²) < 4.78 is 4.55. The average Bonchev–Trinajstić information content (AvgIpc) is 3.44. The number of imidazole rings is 1. The molecule has 1 aromatic carbocycles. The number of hydrogen-bond donors (Lipinski definition) is 0. The molecule has 1 aliphatic rings. The predicted octanol–water partition coefficient (Wildman–Crippen LogP) is 3.17. The summed E-state index contributed by atoms with van der Waals surface area (Å²) in [6.07, 6.45) is 5.87. The van der Waals surface area contributed by atoms with E-state index in [-0.39, 0.29) is 37.1 Å². The summed E-state index contributed by atoms with van der Waals surface area (Å²) in [6.45, 7) is 7.75. The molecule has 8 nitrogen and oxygen atoms in total. The van der Waals surface area contributed by atoms with Crippen LogP contribution in [0.15, 0.2) is 46.2 Å². The van der Waals surface area contributed by atoms with Gasteiger partial charge in [-0.1, -0.05) is 43.2 Å². The quantitative estimate of drug-likeness (QED) is 0.553. The minimum atomic E-state index is -0.506. The molecule has 0 N–H and O–H groups in total. The molecule has 1 saturated carbocycles. The lowest BCUT2D eigenvalue weighted by atomic mass is 10.2. The van der Waals surface area contributed by atoms with Crippen molar-refractivity contribution in [3.63, 3.8) is 0 Å². The van der Waals surface area contributed by atoms with E-state index in [1.807, 2.05) is 62.6 Å². The highest BCUT2D eigenvalue weighted by molar-refractivity contribution is 5.77. The van der Waals surface area contributed by atoms with Crippen LogP contribution in [-0.4, -0.2) is 41.6 Å². The standard InChI is InChI=1S/C25H33N5O3/c1-17(2)30(18(3)4)21(31)15-28-24(32)22-23(26-16-29(22)20-12-8-9-13-20)27(25(28)33)14-19-10-6-5-7-11-19/h5-7,10-11,16-18,20H,8-9,12-15H2,1-4H3. The van der Waals surface area contributed by atoms with E-state index < -0.39 is 11.2 Å². The van der Waals surface area contributed by atoms with Gasteiger partial charge < -0.3 is 9.47 Å². The van der Waals surface area contributed by atoms with Crippen LogP contribution in [0, 0.1) is 0 Å². The number of benzene rings is 1. The molecular weight excluding hydrogens is 418 g/mol. The Bertz CT molecular complexity index is 1240. The summed E-state index contributed by atoms with van der Waals surface area (Å²) >= 11 is 0. The van der Waals surface area contributed by atoms with Crippen LogP contribution in [0.1, 0.15) is 65.0 Å². The van der Waals surface area contributed by atoms with Crippen LogP contribution in [0.5, 0.6) is 0 Å². The smallest absolute Gasteiger partial charge is 0.333 e. The summed E-state index contributed by atoms with van der Waals surface area (Å²) in [7, 11) is 0. The maximum absolute atomic E-state index is 13.6. The molecular formula is C25H33N5O3. The van der Waals surface area contributed by atoms with Crippen LogP contribution in [0.25, 0.3) is 11.2 Å². The molecule has 0 unspecified atom stereocenters. The molecule has 4 rings (SSSR count). The Morgan fingerprint density at radius 2 is 1.67 bits per heavy atom. The molecule has 1 fully saturated rings. The Morgan fingerprint density at radius 3 is 2.27 bits per heavy atom. The van der Waals surface area contributed by atoms with Gasteiger partial charge in [0.25, 0.3) is 5.56 Å². The Hall–Kier alpha value is -3.16. The first-order chi connectivity index (χ1) is 15.8. The maximum atomic E-state index is 13.6. The fourth-order valence-electron chi connectivity index (χ4n) is 5.10. The molecule has 2 heterocycles. The van der Waals surface area contributed by atoms with Crippen molar-refractivity contribution in [2.24, 2.45) is 0 Å². The molecule has 3 aromatic rings. The molecule has 0 saturated heterocycles. The molecule has 33 heavy (non-hydrogen) atoms. The van der Waals surface area contributed by atoms with Gasteiger partial charge in [-0.15, -0.1) is 0 Å². The van der Waals surface area contributed by atoms with Crippen molar-refractivity contribution in [1.82, 2.24) is 23.6 Å². The summed E-state index contributed by atoms with van der Waals surface area (Å²) in [6, 6.07) is 9.74. The number of amides is 1. The number of fused-ring (bicyclic) bond motifs is 1.